The van der Waals surface area contributed by atoms with Gasteiger partial charge in [-0.1, -0.05) is 60.7 Å². The summed E-state index contributed by atoms with van der Waals surface area (Å²) < 4.78 is 0. The number of hydrogen-bond acceptors (Lipinski definition) is 8. The summed E-state index contributed by atoms with van der Waals surface area (Å²) in [5, 5.41) is 3.22. The lowest BCUT2D eigenvalue weighted by atomic mass is 10.0. The lowest BCUT2D eigenvalue weighted by Gasteiger charge is -2.25. The SMILES string of the molecule is c1ccc(N(Oc2ccccc2-c2ccccc2ON(c2ccccn2)c2ccccn2)c2ccccn2)nc1. The summed E-state index contributed by atoms with van der Waals surface area (Å²) in [6, 6.07) is 38.0. The van der Waals surface area contributed by atoms with Gasteiger partial charge in [0, 0.05) is 35.9 Å². The minimum absolute atomic E-state index is 0.594. The molecule has 0 amide bonds. The highest BCUT2D eigenvalue weighted by atomic mass is 16.7. The Morgan fingerprint density at radius 3 is 0.950 bits per heavy atom. The van der Waals surface area contributed by atoms with E-state index >= 15 is 0 Å². The molecule has 8 heteroatoms. The fourth-order valence-electron chi connectivity index (χ4n) is 4.05. The molecule has 4 heterocycles. The minimum atomic E-state index is 0.594. The molecule has 0 radical (unpaired) electrons. The van der Waals surface area contributed by atoms with Crippen molar-refractivity contribution in [2.24, 2.45) is 0 Å². The summed E-state index contributed by atoms with van der Waals surface area (Å²) in [5.74, 6) is 3.57. The van der Waals surface area contributed by atoms with E-state index in [1.807, 2.05) is 121 Å². The second-order valence-electron chi connectivity index (χ2n) is 8.52. The van der Waals surface area contributed by atoms with Crippen LogP contribution in [0.5, 0.6) is 11.5 Å². The van der Waals surface area contributed by atoms with E-state index in [0.29, 0.717) is 34.8 Å². The van der Waals surface area contributed by atoms with Crippen LogP contribution in [0.3, 0.4) is 0 Å². The summed E-state index contributed by atoms with van der Waals surface area (Å²) in [4.78, 5) is 31.0. The van der Waals surface area contributed by atoms with E-state index in [4.69, 9.17) is 9.68 Å². The molecule has 0 fully saturated rings. The van der Waals surface area contributed by atoms with Crippen LogP contribution in [0.25, 0.3) is 11.1 Å². The molecule has 0 spiro atoms. The average molecular weight is 525 g/mol. The minimum Gasteiger partial charge on any atom is -0.371 e. The normalized spacial score (nSPS) is 10.5. The van der Waals surface area contributed by atoms with E-state index in [9.17, 15) is 0 Å². The van der Waals surface area contributed by atoms with Gasteiger partial charge >= 0.3 is 0 Å². The van der Waals surface area contributed by atoms with E-state index in [-0.39, 0.29) is 0 Å². The molecule has 0 aliphatic rings. The summed E-state index contributed by atoms with van der Waals surface area (Å²) >= 11 is 0. The molecule has 4 aromatic heterocycles. The van der Waals surface area contributed by atoms with Crippen molar-refractivity contribution in [2.45, 2.75) is 0 Å². The maximum absolute atomic E-state index is 6.52. The fraction of sp³-hybridized carbons (Fsp3) is 0. The monoisotopic (exact) mass is 524 g/mol. The van der Waals surface area contributed by atoms with Crippen LogP contribution in [0, 0.1) is 0 Å². The molecular weight excluding hydrogens is 500 g/mol. The number of pyridine rings is 4. The predicted octanol–water partition coefficient (Wildman–Crippen LogP) is 7.20. The first-order chi connectivity index (χ1) is 19.9. The molecule has 0 bridgehead atoms. The second kappa shape index (κ2) is 11.7. The molecule has 0 aliphatic heterocycles. The summed E-state index contributed by atoms with van der Waals surface area (Å²) in [6.45, 7) is 0. The molecule has 0 unspecified atom stereocenters. The maximum Gasteiger partial charge on any atom is 0.171 e. The lowest BCUT2D eigenvalue weighted by Crippen LogP contribution is -2.24. The van der Waals surface area contributed by atoms with Crippen LogP contribution in [0.4, 0.5) is 23.3 Å². The number of hydrogen-bond donors (Lipinski definition) is 0. The molecule has 6 aromatic rings. The van der Waals surface area contributed by atoms with Gasteiger partial charge in [0.25, 0.3) is 0 Å². The van der Waals surface area contributed by atoms with Gasteiger partial charge in [0.2, 0.25) is 0 Å². The van der Waals surface area contributed by atoms with Gasteiger partial charge in [0.1, 0.15) is 0 Å². The van der Waals surface area contributed by atoms with E-state index in [1.165, 1.54) is 0 Å². The third-order valence-electron chi connectivity index (χ3n) is 5.87. The van der Waals surface area contributed by atoms with E-state index in [1.54, 1.807) is 34.9 Å². The molecule has 0 saturated carbocycles. The Labute approximate surface area is 231 Å². The van der Waals surface area contributed by atoms with Gasteiger partial charge in [0.05, 0.1) is 0 Å². The zero-order valence-electron chi connectivity index (χ0n) is 21.4. The highest BCUT2D eigenvalue weighted by Crippen LogP contribution is 2.39. The van der Waals surface area contributed by atoms with Crippen LogP contribution in [-0.2, 0) is 0 Å². The maximum atomic E-state index is 6.52. The largest absolute Gasteiger partial charge is 0.371 e. The third-order valence-corrected chi connectivity index (χ3v) is 5.87. The lowest BCUT2D eigenvalue weighted by molar-refractivity contribution is 0.314. The Kier molecular flexibility index (Phi) is 7.21. The Hall–Kier alpha value is -5.76. The van der Waals surface area contributed by atoms with Crippen molar-refractivity contribution in [3.8, 4) is 22.6 Å². The van der Waals surface area contributed by atoms with Crippen molar-refractivity contribution in [3.05, 3.63) is 146 Å². The van der Waals surface area contributed by atoms with Gasteiger partial charge in [-0.2, -0.15) is 0 Å². The van der Waals surface area contributed by atoms with Gasteiger partial charge in [-0.25, -0.2) is 19.9 Å². The smallest absolute Gasteiger partial charge is 0.171 e. The Morgan fingerprint density at radius 1 is 0.350 bits per heavy atom. The summed E-state index contributed by atoms with van der Waals surface area (Å²) in [7, 11) is 0. The zero-order valence-corrected chi connectivity index (χ0v) is 21.4. The van der Waals surface area contributed by atoms with Crippen molar-refractivity contribution >= 4 is 23.3 Å². The third kappa shape index (κ3) is 5.41. The predicted molar refractivity (Wildman–Crippen MR) is 154 cm³/mol. The first-order valence-corrected chi connectivity index (χ1v) is 12.7. The van der Waals surface area contributed by atoms with Crippen LogP contribution in [0.2, 0.25) is 0 Å². The highest BCUT2D eigenvalue weighted by molar-refractivity contribution is 5.76. The number of para-hydroxylation sites is 2. The molecule has 8 nitrogen and oxygen atoms in total. The molecule has 0 saturated heterocycles. The van der Waals surface area contributed by atoms with Gasteiger partial charge in [-0.05, 0) is 60.7 Å². The van der Waals surface area contributed by atoms with Gasteiger partial charge in [-0.3, -0.25) is 0 Å². The molecule has 6 rings (SSSR count). The molecular formula is C32H24N6O2. The van der Waals surface area contributed by atoms with Crippen molar-refractivity contribution in [3.63, 3.8) is 0 Å². The van der Waals surface area contributed by atoms with Crippen molar-refractivity contribution < 1.29 is 9.68 Å². The molecule has 0 aliphatic carbocycles. The van der Waals surface area contributed by atoms with Crippen LogP contribution in [0.1, 0.15) is 0 Å². The van der Waals surface area contributed by atoms with E-state index < -0.39 is 0 Å². The Balaban J connectivity index is 1.40. The van der Waals surface area contributed by atoms with E-state index in [0.717, 1.165) is 11.1 Å². The Bertz CT molecular complexity index is 1450. The van der Waals surface area contributed by atoms with Crippen molar-refractivity contribution in [2.75, 3.05) is 10.1 Å². The zero-order chi connectivity index (χ0) is 27.0. The van der Waals surface area contributed by atoms with Gasteiger partial charge < -0.3 is 9.68 Å². The topological polar surface area (TPSA) is 76.5 Å². The number of rotatable bonds is 9. The molecule has 0 N–H and O–H groups in total. The quantitative estimate of drug-likeness (QED) is 0.184. The number of nitrogens with zero attached hydrogens (tertiary/aromatic N) is 6. The standard InChI is InChI=1S/C32H24N6O2/c1-3-15-27(39-37(29-17-5-9-21-33-29)30-18-6-10-22-34-30)25(13-1)26-14-2-4-16-28(26)40-38(31-19-7-11-23-35-31)32-20-8-12-24-36-32/h1-24H. The van der Waals surface area contributed by atoms with Crippen molar-refractivity contribution in [1.82, 2.24) is 19.9 Å². The molecule has 0 atom stereocenters. The van der Waals surface area contributed by atoms with Gasteiger partial charge in [0.15, 0.2) is 34.8 Å². The number of aromatic nitrogens is 4. The van der Waals surface area contributed by atoms with Crippen LogP contribution in [0.15, 0.2) is 146 Å². The van der Waals surface area contributed by atoms with E-state index in [2.05, 4.69) is 19.9 Å². The molecule has 40 heavy (non-hydrogen) atoms. The number of anilines is 4. The summed E-state index contributed by atoms with van der Waals surface area (Å²) in [5.41, 5.74) is 1.63. The fourth-order valence-corrected chi connectivity index (χ4v) is 4.05. The first-order valence-electron chi connectivity index (χ1n) is 12.7. The Morgan fingerprint density at radius 2 is 0.650 bits per heavy atom. The molecule has 2 aromatic carbocycles. The van der Waals surface area contributed by atoms with Crippen LogP contribution >= 0.6 is 0 Å². The van der Waals surface area contributed by atoms with Crippen LogP contribution < -0.4 is 19.8 Å². The first kappa shape index (κ1) is 24.6. The average Bonchev–Trinajstić information content (AvgIpc) is 3.04. The summed E-state index contributed by atoms with van der Waals surface area (Å²) in [6.07, 6.45) is 6.86. The van der Waals surface area contributed by atoms with Crippen LogP contribution in [-0.4, -0.2) is 19.9 Å². The second-order valence-corrected chi connectivity index (χ2v) is 8.52. The highest BCUT2D eigenvalue weighted by Gasteiger charge is 2.21. The van der Waals surface area contributed by atoms with Gasteiger partial charge in [-0.15, -0.1) is 10.1 Å². The number of benzene rings is 2. The van der Waals surface area contributed by atoms with Crippen molar-refractivity contribution in [1.29, 1.82) is 0 Å². The molecule has 194 valence electrons.